The van der Waals surface area contributed by atoms with Crippen molar-refractivity contribution in [2.24, 2.45) is 5.92 Å². The molecule has 2 aliphatic rings. The van der Waals surface area contributed by atoms with E-state index in [0.29, 0.717) is 47.7 Å². The first-order valence-electron chi connectivity index (χ1n) is 10.5. The molecule has 1 amide bonds. The number of ether oxygens (including phenoxy) is 2. The maximum Gasteiger partial charge on any atom is 0.255 e. The molecular formula is C21H30ClN5O3. The molecule has 8 nitrogen and oxygen atoms in total. The Bertz CT molecular complexity index is 777. The van der Waals surface area contributed by atoms with Gasteiger partial charge in [-0.05, 0) is 31.7 Å². The second kappa shape index (κ2) is 10.7. The van der Waals surface area contributed by atoms with Crippen LogP contribution in [-0.2, 0) is 4.74 Å². The average Bonchev–Trinajstić information content (AvgIpc) is 2.75. The first kappa shape index (κ1) is 22.5. The average molecular weight is 436 g/mol. The molecule has 2 fully saturated rings. The Morgan fingerprint density at radius 3 is 2.87 bits per heavy atom. The number of hydrogen-bond acceptors (Lipinski definition) is 7. The Hall–Kier alpha value is -2.21. The molecule has 9 heteroatoms. The number of morpholine rings is 1. The topological polar surface area (TPSA) is 104 Å². The number of piperidine rings is 1. The van der Waals surface area contributed by atoms with Crippen LogP contribution in [0.25, 0.3) is 0 Å². The minimum atomic E-state index is -0.259. The van der Waals surface area contributed by atoms with Gasteiger partial charge in [-0.3, -0.25) is 9.69 Å². The molecule has 1 aromatic carbocycles. The SMILES string of the molecule is CCOc1cc(N)c(Cl)cc1C(=O)NCC1CN(CC2CCN(C#N)CC2)CCO1. The van der Waals surface area contributed by atoms with Crippen molar-refractivity contribution in [2.75, 3.05) is 58.2 Å². The number of amides is 1. The zero-order valence-corrected chi connectivity index (χ0v) is 18.2. The van der Waals surface area contributed by atoms with Gasteiger partial charge in [-0.25, -0.2) is 0 Å². The number of hydrogen-bond donors (Lipinski definition) is 2. The second-order valence-electron chi connectivity index (χ2n) is 7.80. The number of carbonyl (C=O) groups excluding carboxylic acids is 1. The molecule has 1 aromatic rings. The number of halogens is 1. The van der Waals surface area contributed by atoms with E-state index < -0.39 is 0 Å². The van der Waals surface area contributed by atoms with E-state index in [-0.39, 0.29) is 12.0 Å². The van der Waals surface area contributed by atoms with Gasteiger partial charge < -0.3 is 25.4 Å². The van der Waals surface area contributed by atoms with E-state index >= 15 is 0 Å². The van der Waals surface area contributed by atoms with Crippen molar-refractivity contribution in [1.29, 1.82) is 5.26 Å². The molecule has 0 spiro atoms. The lowest BCUT2D eigenvalue weighted by Crippen LogP contribution is -2.49. The summed E-state index contributed by atoms with van der Waals surface area (Å²) < 4.78 is 11.4. The van der Waals surface area contributed by atoms with Crippen LogP contribution in [-0.4, -0.2) is 74.3 Å². The lowest BCUT2D eigenvalue weighted by molar-refractivity contribution is -0.0329. The van der Waals surface area contributed by atoms with Crippen LogP contribution in [0.5, 0.6) is 5.75 Å². The van der Waals surface area contributed by atoms with Gasteiger partial charge in [-0.2, -0.15) is 5.26 Å². The van der Waals surface area contributed by atoms with E-state index in [9.17, 15) is 4.79 Å². The van der Waals surface area contributed by atoms with Gasteiger partial charge in [0.05, 0.1) is 35.6 Å². The third-order valence-corrected chi connectivity index (χ3v) is 5.96. The van der Waals surface area contributed by atoms with Crippen molar-refractivity contribution in [3.8, 4) is 11.9 Å². The number of nitrogens with one attached hydrogen (secondary N) is 1. The molecule has 164 valence electrons. The van der Waals surface area contributed by atoms with E-state index in [4.69, 9.17) is 32.1 Å². The summed E-state index contributed by atoms with van der Waals surface area (Å²) >= 11 is 6.10. The number of likely N-dealkylation sites (tertiary alicyclic amines) is 1. The van der Waals surface area contributed by atoms with Crippen LogP contribution < -0.4 is 15.8 Å². The highest BCUT2D eigenvalue weighted by Gasteiger charge is 2.26. The summed E-state index contributed by atoms with van der Waals surface area (Å²) in [5, 5.41) is 12.3. The number of nitriles is 1. The fraction of sp³-hybridized carbons (Fsp3) is 0.619. The van der Waals surface area contributed by atoms with Crippen molar-refractivity contribution < 1.29 is 14.3 Å². The number of benzene rings is 1. The summed E-state index contributed by atoms with van der Waals surface area (Å²) in [5.74, 6) is 0.769. The van der Waals surface area contributed by atoms with Gasteiger partial charge in [0.15, 0.2) is 6.19 Å². The maximum atomic E-state index is 12.7. The Morgan fingerprint density at radius 2 is 2.17 bits per heavy atom. The molecule has 1 atom stereocenters. The van der Waals surface area contributed by atoms with Crippen LogP contribution in [0.2, 0.25) is 5.02 Å². The van der Waals surface area contributed by atoms with E-state index in [1.807, 2.05) is 11.8 Å². The highest BCUT2D eigenvalue weighted by Crippen LogP contribution is 2.29. The van der Waals surface area contributed by atoms with Gasteiger partial charge >= 0.3 is 0 Å². The van der Waals surface area contributed by atoms with Crippen LogP contribution in [0.1, 0.15) is 30.1 Å². The standard InChI is InChI=1S/C21H30ClN5O3/c1-2-29-20-10-19(24)18(22)9-17(20)21(28)25-11-16-13-27(7-8-30-16)12-15-3-5-26(14-23)6-4-15/h9-10,15-16H,2-8,11-13,24H2,1H3,(H,25,28). The molecule has 0 aromatic heterocycles. The molecule has 3 N–H and O–H groups in total. The van der Waals surface area contributed by atoms with E-state index in [1.54, 1.807) is 12.1 Å². The predicted molar refractivity (Wildman–Crippen MR) is 115 cm³/mol. The third-order valence-electron chi connectivity index (χ3n) is 5.63. The fourth-order valence-corrected chi connectivity index (χ4v) is 4.14. The lowest BCUT2D eigenvalue weighted by atomic mass is 9.96. The van der Waals surface area contributed by atoms with Crippen LogP contribution in [0.3, 0.4) is 0 Å². The minimum Gasteiger partial charge on any atom is -0.493 e. The van der Waals surface area contributed by atoms with Crippen LogP contribution >= 0.6 is 11.6 Å². The van der Waals surface area contributed by atoms with Crippen molar-refractivity contribution in [1.82, 2.24) is 15.1 Å². The van der Waals surface area contributed by atoms with Crippen molar-refractivity contribution >= 4 is 23.2 Å². The number of nitrogens with two attached hydrogens (primary N) is 1. The molecule has 2 aliphatic heterocycles. The molecular weight excluding hydrogens is 406 g/mol. The van der Waals surface area contributed by atoms with Crippen molar-refractivity contribution in [2.45, 2.75) is 25.9 Å². The minimum absolute atomic E-state index is 0.0679. The smallest absolute Gasteiger partial charge is 0.255 e. The Morgan fingerprint density at radius 1 is 1.40 bits per heavy atom. The summed E-state index contributed by atoms with van der Waals surface area (Å²) in [5.41, 5.74) is 6.58. The fourth-order valence-electron chi connectivity index (χ4n) is 3.97. The number of carbonyl (C=O) groups is 1. The number of nitrogen functional groups attached to an aromatic ring is 1. The lowest BCUT2D eigenvalue weighted by Gasteiger charge is -2.37. The third kappa shape index (κ3) is 5.91. The predicted octanol–water partition coefficient (Wildman–Crippen LogP) is 1.94. The molecule has 3 rings (SSSR count). The second-order valence-corrected chi connectivity index (χ2v) is 8.20. The molecule has 0 saturated carbocycles. The van der Waals surface area contributed by atoms with Gasteiger partial charge in [0.1, 0.15) is 5.75 Å². The van der Waals surface area contributed by atoms with Gasteiger partial charge in [-0.15, -0.1) is 0 Å². The molecule has 30 heavy (non-hydrogen) atoms. The van der Waals surface area contributed by atoms with E-state index in [2.05, 4.69) is 16.4 Å². The van der Waals surface area contributed by atoms with Crippen molar-refractivity contribution in [3.05, 3.63) is 22.7 Å². The summed E-state index contributed by atoms with van der Waals surface area (Å²) in [6.07, 6.45) is 4.25. The molecule has 2 saturated heterocycles. The van der Waals surface area contributed by atoms with E-state index in [0.717, 1.165) is 45.6 Å². The highest BCUT2D eigenvalue weighted by atomic mass is 35.5. The van der Waals surface area contributed by atoms with Crippen LogP contribution in [0.15, 0.2) is 12.1 Å². The highest BCUT2D eigenvalue weighted by molar-refractivity contribution is 6.33. The van der Waals surface area contributed by atoms with Gasteiger partial charge in [-0.1, -0.05) is 11.6 Å². The zero-order chi connectivity index (χ0) is 21.5. The quantitative estimate of drug-likeness (QED) is 0.498. The monoisotopic (exact) mass is 435 g/mol. The van der Waals surface area contributed by atoms with Gasteiger partial charge in [0, 0.05) is 45.3 Å². The molecule has 0 aliphatic carbocycles. The van der Waals surface area contributed by atoms with Crippen LogP contribution in [0, 0.1) is 17.4 Å². The number of rotatable bonds is 7. The zero-order valence-electron chi connectivity index (χ0n) is 17.4. The molecule has 2 heterocycles. The summed E-state index contributed by atoms with van der Waals surface area (Å²) in [4.78, 5) is 16.9. The van der Waals surface area contributed by atoms with Gasteiger partial charge in [0.25, 0.3) is 5.91 Å². The largest absolute Gasteiger partial charge is 0.493 e. The maximum absolute atomic E-state index is 12.7. The van der Waals surface area contributed by atoms with Gasteiger partial charge in [0.2, 0.25) is 0 Å². The summed E-state index contributed by atoms with van der Waals surface area (Å²) in [6.45, 7) is 7.70. The Labute approximate surface area is 182 Å². The Balaban J connectivity index is 1.50. The first-order chi connectivity index (χ1) is 14.5. The van der Waals surface area contributed by atoms with Crippen LogP contribution in [0.4, 0.5) is 5.69 Å². The molecule has 0 bridgehead atoms. The number of nitrogens with zero attached hydrogens (tertiary/aromatic N) is 3. The normalized spacial score (nSPS) is 20.6. The summed E-state index contributed by atoms with van der Waals surface area (Å²) in [7, 11) is 0. The van der Waals surface area contributed by atoms with E-state index in [1.165, 1.54) is 0 Å². The van der Waals surface area contributed by atoms with Crippen molar-refractivity contribution in [3.63, 3.8) is 0 Å². The first-order valence-corrected chi connectivity index (χ1v) is 10.9. The summed E-state index contributed by atoms with van der Waals surface area (Å²) in [6, 6.07) is 3.12. The number of anilines is 1. The molecule has 1 unspecified atom stereocenters. The Kier molecular flexibility index (Phi) is 8.02. The molecule has 0 radical (unpaired) electrons.